The normalized spacial score (nSPS) is 14.1. The van der Waals surface area contributed by atoms with Gasteiger partial charge in [0.15, 0.2) is 0 Å². The fourth-order valence-electron chi connectivity index (χ4n) is 1.33. The minimum absolute atomic E-state index is 0.0847. The highest BCUT2D eigenvalue weighted by Crippen LogP contribution is 2.21. The summed E-state index contributed by atoms with van der Waals surface area (Å²) in [4.78, 5) is 4.17. The molecule has 0 saturated heterocycles. The summed E-state index contributed by atoms with van der Waals surface area (Å²) >= 11 is 0. The number of pyridine rings is 1. The van der Waals surface area contributed by atoms with Crippen molar-refractivity contribution in [2.45, 2.75) is 27.2 Å². The van der Waals surface area contributed by atoms with Gasteiger partial charge in [-0.15, -0.1) is 0 Å². The Morgan fingerprint density at radius 3 is 2.65 bits per heavy atom. The molecule has 96 valence electrons. The van der Waals surface area contributed by atoms with Crippen LogP contribution >= 0.6 is 0 Å². The van der Waals surface area contributed by atoms with Crippen molar-refractivity contribution >= 4 is 5.69 Å². The van der Waals surface area contributed by atoms with Crippen LogP contribution in [0.1, 0.15) is 27.2 Å². The summed E-state index contributed by atoms with van der Waals surface area (Å²) in [6.45, 7) is 7.60. The number of ether oxygens (including phenoxy) is 1. The molecule has 0 aliphatic heterocycles. The first-order chi connectivity index (χ1) is 8.13. The SMILES string of the molecule is CCOc1ccc(NCC(C)(CC)CO)cn1. The van der Waals surface area contributed by atoms with E-state index in [1.165, 1.54) is 0 Å². The molecule has 0 amide bonds. The third-order valence-electron chi connectivity index (χ3n) is 2.98. The molecule has 0 bridgehead atoms. The van der Waals surface area contributed by atoms with Crippen LogP contribution in [0.2, 0.25) is 0 Å². The summed E-state index contributed by atoms with van der Waals surface area (Å²) in [5.41, 5.74) is 0.861. The second-order valence-corrected chi connectivity index (χ2v) is 4.49. The number of hydrogen-bond acceptors (Lipinski definition) is 4. The lowest BCUT2D eigenvalue weighted by atomic mass is 9.88. The third-order valence-corrected chi connectivity index (χ3v) is 2.98. The standard InChI is InChI=1S/C13H22N2O2/c1-4-13(3,10-16)9-15-11-6-7-12(14-8-11)17-5-2/h6-8,15-16H,4-5,9-10H2,1-3H3. The van der Waals surface area contributed by atoms with Gasteiger partial charge in [0, 0.05) is 18.0 Å². The van der Waals surface area contributed by atoms with Crippen LogP contribution in [-0.2, 0) is 0 Å². The molecule has 0 saturated carbocycles. The highest BCUT2D eigenvalue weighted by molar-refractivity contribution is 5.42. The third kappa shape index (κ3) is 4.23. The maximum Gasteiger partial charge on any atom is 0.213 e. The van der Waals surface area contributed by atoms with Gasteiger partial charge in [-0.05, 0) is 19.4 Å². The molecule has 0 radical (unpaired) electrons. The van der Waals surface area contributed by atoms with Gasteiger partial charge in [0.1, 0.15) is 0 Å². The second kappa shape index (κ2) is 6.45. The minimum Gasteiger partial charge on any atom is -0.478 e. The molecule has 0 spiro atoms. The van der Waals surface area contributed by atoms with E-state index in [4.69, 9.17) is 4.74 Å². The van der Waals surface area contributed by atoms with Crippen LogP contribution in [0.25, 0.3) is 0 Å². The van der Waals surface area contributed by atoms with Crippen molar-refractivity contribution in [3.8, 4) is 5.88 Å². The van der Waals surface area contributed by atoms with Crippen molar-refractivity contribution in [2.75, 3.05) is 25.1 Å². The maximum atomic E-state index is 9.30. The van der Waals surface area contributed by atoms with Crippen molar-refractivity contribution in [3.63, 3.8) is 0 Å². The average molecular weight is 238 g/mol. The van der Waals surface area contributed by atoms with E-state index in [-0.39, 0.29) is 12.0 Å². The van der Waals surface area contributed by atoms with Gasteiger partial charge in [-0.3, -0.25) is 0 Å². The highest BCUT2D eigenvalue weighted by Gasteiger charge is 2.20. The molecule has 2 N–H and O–H groups in total. The van der Waals surface area contributed by atoms with Gasteiger partial charge in [0.2, 0.25) is 5.88 Å². The molecule has 0 aliphatic carbocycles. The summed E-state index contributed by atoms with van der Waals surface area (Å²) in [5.74, 6) is 0.637. The zero-order chi connectivity index (χ0) is 12.7. The zero-order valence-electron chi connectivity index (χ0n) is 10.9. The van der Waals surface area contributed by atoms with E-state index in [0.29, 0.717) is 12.5 Å². The van der Waals surface area contributed by atoms with Gasteiger partial charge in [-0.1, -0.05) is 13.8 Å². The lowest BCUT2D eigenvalue weighted by molar-refractivity contribution is 0.149. The number of nitrogens with one attached hydrogen (secondary N) is 1. The Morgan fingerprint density at radius 1 is 1.41 bits per heavy atom. The topological polar surface area (TPSA) is 54.4 Å². The summed E-state index contributed by atoms with van der Waals surface area (Å²) in [6.07, 6.45) is 2.68. The molecule has 0 aliphatic rings. The first-order valence-electron chi connectivity index (χ1n) is 6.07. The monoisotopic (exact) mass is 238 g/mol. The average Bonchev–Trinajstić information content (AvgIpc) is 2.38. The number of anilines is 1. The first kappa shape index (κ1) is 13.8. The maximum absolute atomic E-state index is 9.30. The van der Waals surface area contributed by atoms with Crippen LogP contribution in [0.5, 0.6) is 5.88 Å². The quantitative estimate of drug-likeness (QED) is 0.765. The number of rotatable bonds is 7. The van der Waals surface area contributed by atoms with Crippen LogP contribution in [0, 0.1) is 5.41 Å². The zero-order valence-corrected chi connectivity index (χ0v) is 10.9. The van der Waals surface area contributed by atoms with Crippen LogP contribution in [0.15, 0.2) is 18.3 Å². The molecule has 4 nitrogen and oxygen atoms in total. The highest BCUT2D eigenvalue weighted by atomic mass is 16.5. The summed E-state index contributed by atoms with van der Waals surface area (Å²) in [5, 5.41) is 12.6. The van der Waals surface area contributed by atoms with Gasteiger partial charge in [0.25, 0.3) is 0 Å². The van der Waals surface area contributed by atoms with Crippen molar-refractivity contribution in [2.24, 2.45) is 5.41 Å². The van der Waals surface area contributed by atoms with E-state index in [2.05, 4.69) is 24.1 Å². The molecular formula is C13H22N2O2. The lowest BCUT2D eigenvalue weighted by Crippen LogP contribution is -2.29. The molecule has 1 unspecified atom stereocenters. The Bertz CT molecular complexity index is 321. The van der Waals surface area contributed by atoms with Crippen LogP contribution in [0.4, 0.5) is 5.69 Å². The Morgan fingerprint density at radius 2 is 2.18 bits per heavy atom. The van der Waals surface area contributed by atoms with Gasteiger partial charge >= 0.3 is 0 Å². The Labute approximate surface area is 103 Å². The van der Waals surface area contributed by atoms with Crippen molar-refractivity contribution in [1.82, 2.24) is 4.98 Å². The summed E-state index contributed by atoms with van der Waals surface area (Å²) in [6, 6.07) is 3.78. The molecule has 1 aromatic heterocycles. The predicted molar refractivity (Wildman–Crippen MR) is 69.4 cm³/mol. The number of aliphatic hydroxyl groups is 1. The molecule has 0 aromatic carbocycles. The van der Waals surface area contributed by atoms with E-state index in [1.807, 2.05) is 19.1 Å². The van der Waals surface area contributed by atoms with Crippen LogP contribution in [-0.4, -0.2) is 29.8 Å². The summed E-state index contributed by atoms with van der Waals surface area (Å²) in [7, 11) is 0. The second-order valence-electron chi connectivity index (χ2n) is 4.49. The van der Waals surface area contributed by atoms with Crippen molar-refractivity contribution in [1.29, 1.82) is 0 Å². The largest absolute Gasteiger partial charge is 0.478 e. The van der Waals surface area contributed by atoms with E-state index in [0.717, 1.165) is 18.7 Å². The van der Waals surface area contributed by atoms with Gasteiger partial charge in [0.05, 0.1) is 25.1 Å². The number of nitrogens with zero attached hydrogens (tertiary/aromatic N) is 1. The Kier molecular flexibility index (Phi) is 5.22. The molecule has 1 aromatic rings. The lowest BCUT2D eigenvalue weighted by Gasteiger charge is -2.26. The Balaban J connectivity index is 2.52. The Hall–Kier alpha value is -1.29. The van der Waals surface area contributed by atoms with Gasteiger partial charge < -0.3 is 15.2 Å². The number of hydrogen-bond donors (Lipinski definition) is 2. The fraction of sp³-hybridized carbons (Fsp3) is 0.615. The summed E-state index contributed by atoms with van der Waals surface area (Å²) < 4.78 is 5.27. The smallest absolute Gasteiger partial charge is 0.213 e. The number of aliphatic hydroxyl groups excluding tert-OH is 1. The van der Waals surface area contributed by atoms with E-state index in [9.17, 15) is 5.11 Å². The minimum atomic E-state index is -0.0847. The molecule has 0 fully saturated rings. The van der Waals surface area contributed by atoms with Gasteiger partial charge in [-0.2, -0.15) is 0 Å². The fourth-order valence-corrected chi connectivity index (χ4v) is 1.33. The van der Waals surface area contributed by atoms with Crippen LogP contribution in [0.3, 0.4) is 0 Å². The molecule has 1 heterocycles. The van der Waals surface area contributed by atoms with Crippen LogP contribution < -0.4 is 10.1 Å². The van der Waals surface area contributed by atoms with Crippen molar-refractivity contribution < 1.29 is 9.84 Å². The molecule has 1 rings (SSSR count). The molecule has 1 atom stereocenters. The van der Waals surface area contributed by atoms with Gasteiger partial charge in [-0.25, -0.2) is 4.98 Å². The van der Waals surface area contributed by atoms with E-state index < -0.39 is 0 Å². The number of aromatic nitrogens is 1. The van der Waals surface area contributed by atoms with E-state index >= 15 is 0 Å². The predicted octanol–water partition coefficient (Wildman–Crippen LogP) is 2.30. The first-order valence-corrected chi connectivity index (χ1v) is 6.07. The van der Waals surface area contributed by atoms with E-state index in [1.54, 1.807) is 6.20 Å². The molecule has 4 heteroatoms. The van der Waals surface area contributed by atoms with Crippen molar-refractivity contribution in [3.05, 3.63) is 18.3 Å². The molecular weight excluding hydrogens is 216 g/mol. The molecule has 17 heavy (non-hydrogen) atoms.